The van der Waals surface area contributed by atoms with Gasteiger partial charge in [0.1, 0.15) is 5.82 Å². The highest BCUT2D eigenvalue weighted by Crippen LogP contribution is 2.20. The molecule has 1 aromatic rings. The van der Waals surface area contributed by atoms with E-state index in [0.717, 1.165) is 23.3 Å². The lowest BCUT2D eigenvalue weighted by Crippen LogP contribution is -2.29. The molecule has 0 amide bonds. The number of rotatable bonds is 7. The molecule has 0 unspecified atom stereocenters. The molecule has 0 saturated carbocycles. The zero-order valence-electron chi connectivity index (χ0n) is 11.7. The van der Waals surface area contributed by atoms with Crippen LogP contribution in [0.5, 0.6) is 0 Å². The summed E-state index contributed by atoms with van der Waals surface area (Å²) >= 11 is 0. The van der Waals surface area contributed by atoms with Gasteiger partial charge in [0.15, 0.2) is 0 Å². The summed E-state index contributed by atoms with van der Waals surface area (Å²) in [7, 11) is -2.40. The van der Waals surface area contributed by atoms with Crippen LogP contribution in [0.2, 0.25) is 0 Å². The Balaban J connectivity index is 3.14. The van der Waals surface area contributed by atoms with E-state index in [4.69, 9.17) is 6.42 Å². The molecule has 0 radical (unpaired) electrons. The number of nitrogens with zero attached hydrogens (tertiary/aromatic N) is 1. The number of hydrogen-bond acceptors (Lipinski definition) is 3. The summed E-state index contributed by atoms with van der Waals surface area (Å²) in [5.74, 6) is 1.68. The average molecular weight is 298 g/mol. The van der Waals surface area contributed by atoms with Crippen LogP contribution in [-0.4, -0.2) is 32.9 Å². The van der Waals surface area contributed by atoms with Crippen LogP contribution < -0.4 is 5.32 Å². The van der Waals surface area contributed by atoms with Crippen molar-refractivity contribution in [3.05, 3.63) is 29.6 Å². The van der Waals surface area contributed by atoms with Crippen molar-refractivity contribution in [2.75, 3.05) is 20.1 Å². The average Bonchev–Trinajstić information content (AvgIpc) is 2.40. The molecule has 6 heteroatoms. The lowest BCUT2D eigenvalue weighted by molar-refractivity contribution is 0.499. The van der Waals surface area contributed by atoms with Crippen molar-refractivity contribution in [3.63, 3.8) is 0 Å². The van der Waals surface area contributed by atoms with Gasteiger partial charge in [-0.15, -0.1) is 6.42 Å². The molecule has 0 atom stereocenters. The summed E-state index contributed by atoms with van der Waals surface area (Å²) in [6, 6.07) is 3.77. The Labute approximate surface area is 120 Å². The van der Waals surface area contributed by atoms with Gasteiger partial charge in [-0.25, -0.2) is 12.8 Å². The predicted molar refractivity (Wildman–Crippen MR) is 77.0 cm³/mol. The van der Waals surface area contributed by atoms with Crippen LogP contribution in [-0.2, 0) is 16.6 Å². The second-order valence-electron chi connectivity index (χ2n) is 4.39. The summed E-state index contributed by atoms with van der Waals surface area (Å²) < 4.78 is 39.1. The first-order valence-electron chi connectivity index (χ1n) is 6.32. The molecule has 0 aliphatic heterocycles. The van der Waals surface area contributed by atoms with E-state index in [1.807, 2.05) is 6.92 Å². The van der Waals surface area contributed by atoms with Gasteiger partial charge in [-0.1, -0.05) is 18.9 Å². The van der Waals surface area contributed by atoms with Crippen molar-refractivity contribution in [1.82, 2.24) is 9.62 Å². The summed E-state index contributed by atoms with van der Waals surface area (Å²) in [4.78, 5) is -0.0427. The number of halogens is 1. The maximum Gasteiger partial charge on any atom is 0.244 e. The minimum Gasteiger partial charge on any atom is -0.313 e. The Morgan fingerprint density at radius 1 is 1.45 bits per heavy atom. The van der Waals surface area contributed by atoms with Crippen molar-refractivity contribution in [2.24, 2.45) is 0 Å². The maximum atomic E-state index is 13.4. The lowest BCUT2D eigenvalue weighted by atomic mass is 10.2. The second-order valence-corrected chi connectivity index (χ2v) is 6.41. The fourth-order valence-corrected chi connectivity index (χ4v) is 3.01. The fourth-order valence-electron chi connectivity index (χ4n) is 1.70. The minimum atomic E-state index is -3.78. The Kier molecular flexibility index (Phi) is 6.14. The van der Waals surface area contributed by atoms with Gasteiger partial charge >= 0.3 is 0 Å². The molecule has 0 bridgehead atoms. The number of benzene rings is 1. The van der Waals surface area contributed by atoms with E-state index in [-0.39, 0.29) is 11.4 Å². The van der Waals surface area contributed by atoms with E-state index in [1.54, 1.807) is 0 Å². The van der Waals surface area contributed by atoms with Crippen LogP contribution in [0.1, 0.15) is 18.9 Å². The van der Waals surface area contributed by atoms with Crippen molar-refractivity contribution < 1.29 is 12.8 Å². The second kappa shape index (κ2) is 7.39. The van der Waals surface area contributed by atoms with Gasteiger partial charge < -0.3 is 5.32 Å². The zero-order chi connectivity index (χ0) is 15.2. The molecule has 110 valence electrons. The fraction of sp³-hybridized carbons (Fsp3) is 0.429. The normalized spacial score (nSPS) is 11.6. The van der Waals surface area contributed by atoms with Crippen LogP contribution in [0.3, 0.4) is 0 Å². The first-order valence-corrected chi connectivity index (χ1v) is 7.76. The van der Waals surface area contributed by atoms with Gasteiger partial charge in [0.25, 0.3) is 0 Å². The molecule has 0 spiro atoms. The molecular weight excluding hydrogens is 279 g/mol. The number of hydrogen-bond donors (Lipinski definition) is 1. The standard InChI is InChI=1S/C14H19FN2O2S/c1-4-8-16-11-12-6-7-13(15)10-14(12)20(18,19)17(3)9-5-2/h2,6-7,10,16H,4,8-9,11H2,1,3H3. The van der Waals surface area contributed by atoms with Crippen molar-refractivity contribution >= 4 is 10.0 Å². The first-order chi connectivity index (χ1) is 9.43. The maximum absolute atomic E-state index is 13.4. The largest absolute Gasteiger partial charge is 0.313 e. The topological polar surface area (TPSA) is 49.4 Å². The lowest BCUT2D eigenvalue weighted by Gasteiger charge is -2.17. The van der Waals surface area contributed by atoms with E-state index in [1.165, 1.54) is 19.2 Å². The Bertz CT molecular complexity index is 594. The number of sulfonamides is 1. The van der Waals surface area contributed by atoms with E-state index in [0.29, 0.717) is 12.1 Å². The van der Waals surface area contributed by atoms with Gasteiger partial charge in [-0.3, -0.25) is 0 Å². The molecule has 0 aliphatic rings. The molecule has 0 aromatic heterocycles. The third-order valence-electron chi connectivity index (χ3n) is 2.77. The molecule has 0 saturated heterocycles. The summed E-state index contributed by atoms with van der Waals surface area (Å²) in [6.45, 7) is 3.08. The van der Waals surface area contributed by atoms with E-state index < -0.39 is 15.8 Å². The van der Waals surface area contributed by atoms with Crippen LogP contribution in [0.4, 0.5) is 4.39 Å². The quantitative estimate of drug-likeness (QED) is 0.614. The Hall–Kier alpha value is -1.42. The van der Waals surface area contributed by atoms with Crippen LogP contribution in [0.15, 0.2) is 23.1 Å². The molecule has 1 aromatic carbocycles. The highest BCUT2D eigenvalue weighted by Gasteiger charge is 2.23. The molecule has 20 heavy (non-hydrogen) atoms. The first kappa shape index (κ1) is 16.6. The van der Waals surface area contributed by atoms with Gasteiger partial charge in [-0.2, -0.15) is 4.31 Å². The monoisotopic (exact) mass is 298 g/mol. The molecule has 0 aliphatic carbocycles. The van der Waals surface area contributed by atoms with Crippen molar-refractivity contribution in [1.29, 1.82) is 0 Å². The van der Waals surface area contributed by atoms with E-state index >= 15 is 0 Å². The smallest absolute Gasteiger partial charge is 0.244 e. The summed E-state index contributed by atoms with van der Waals surface area (Å²) in [5.41, 5.74) is 0.531. The van der Waals surface area contributed by atoms with Gasteiger partial charge in [0.2, 0.25) is 10.0 Å². The third-order valence-corrected chi connectivity index (χ3v) is 4.66. The Morgan fingerprint density at radius 2 is 2.15 bits per heavy atom. The SMILES string of the molecule is C#CCN(C)S(=O)(=O)c1cc(F)ccc1CNCCC. The zero-order valence-corrected chi connectivity index (χ0v) is 12.5. The molecule has 4 nitrogen and oxygen atoms in total. The van der Waals surface area contributed by atoms with Crippen molar-refractivity contribution in [2.45, 2.75) is 24.8 Å². The highest BCUT2D eigenvalue weighted by atomic mass is 32.2. The molecule has 1 N–H and O–H groups in total. The predicted octanol–water partition coefficient (Wildman–Crippen LogP) is 1.58. The number of terminal acetylenes is 1. The third kappa shape index (κ3) is 4.04. The molecule has 0 fully saturated rings. The van der Waals surface area contributed by atoms with Crippen molar-refractivity contribution in [3.8, 4) is 12.3 Å². The molecular formula is C14H19FN2O2S. The highest BCUT2D eigenvalue weighted by molar-refractivity contribution is 7.89. The van der Waals surface area contributed by atoms with E-state index in [9.17, 15) is 12.8 Å². The van der Waals surface area contributed by atoms with Gasteiger partial charge in [0, 0.05) is 13.6 Å². The minimum absolute atomic E-state index is 0.0427. The Morgan fingerprint density at radius 3 is 2.75 bits per heavy atom. The van der Waals surface area contributed by atoms with Crippen LogP contribution in [0, 0.1) is 18.2 Å². The summed E-state index contributed by atoms with van der Waals surface area (Å²) in [6.07, 6.45) is 6.06. The molecule has 1 rings (SSSR count). The van der Waals surface area contributed by atoms with Crippen LogP contribution in [0.25, 0.3) is 0 Å². The summed E-state index contributed by atoms with van der Waals surface area (Å²) in [5, 5.41) is 3.11. The molecule has 0 heterocycles. The van der Waals surface area contributed by atoms with Gasteiger partial charge in [-0.05, 0) is 30.7 Å². The number of nitrogens with one attached hydrogen (secondary N) is 1. The van der Waals surface area contributed by atoms with Crippen LogP contribution >= 0.6 is 0 Å². The van der Waals surface area contributed by atoms with E-state index in [2.05, 4.69) is 11.2 Å². The van der Waals surface area contributed by atoms with Gasteiger partial charge in [0.05, 0.1) is 11.4 Å².